The lowest BCUT2D eigenvalue weighted by atomic mass is 10.00. The molecule has 0 unspecified atom stereocenters. The number of nitrogens with two attached hydrogens (primary N) is 1. The third-order valence-electron chi connectivity index (χ3n) is 4.18. The number of pyridine rings is 1. The van der Waals surface area contributed by atoms with Crippen LogP contribution in [0.4, 0.5) is 5.95 Å². The topological polar surface area (TPSA) is 141 Å². The van der Waals surface area contributed by atoms with Crippen molar-refractivity contribution >= 4 is 29.4 Å². The molecule has 11 heteroatoms. The lowest BCUT2D eigenvalue weighted by molar-refractivity contribution is -0.117. The first kappa shape index (κ1) is 21.2. The van der Waals surface area contributed by atoms with Crippen molar-refractivity contribution in [3.8, 4) is 5.69 Å². The van der Waals surface area contributed by atoms with E-state index in [0.717, 1.165) is 0 Å². The highest BCUT2D eigenvalue weighted by Crippen LogP contribution is 2.28. The van der Waals surface area contributed by atoms with Gasteiger partial charge in [0.25, 0.3) is 5.91 Å². The van der Waals surface area contributed by atoms with E-state index in [2.05, 4.69) is 30.7 Å². The van der Waals surface area contributed by atoms with Crippen LogP contribution in [0.15, 0.2) is 43.1 Å². The molecule has 3 aromatic rings. The first-order valence-corrected chi connectivity index (χ1v) is 9.47. The molecule has 0 aliphatic heterocycles. The molecule has 0 fully saturated rings. The Morgan fingerprint density at radius 2 is 1.93 bits per heavy atom. The van der Waals surface area contributed by atoms with Gasteiger partial charge in [0, 0.05) is 25.4 Å². The Labute approximate surface area is 177 Å². The maximum absolute atomic E-state index is 12.1. The third kappa shape index (κ3) is 5.09. The number of primary amides is 1. The average Bonchev–Trinajstić information content (AvgIpc) is 3.18. The van der Waals surface area contributed by atoms with Gasteiger partial charge in [0.2, 0.25) is 11.9 Å². The van der Waals surface area contributed by atoms with Gasteiger partial charge in [-0.15, -0.1) is 0 Å². The molecular weight excluding hydrogens is 408 g/mol. The Morgan fingerprint density at radius 3 is 2.60 bits per heavy atom. The molecule has 0 aliphatic carbocycles. The predicted octanol–water partition coefficient (Wildman–Crippen LogP) is 1.66. The molecule has 0 radical (unpaired) electrons. The summed E-state index contributed by atoms with van der Waals surface area (Å²) in [5, 5.41) is 10.5. The number of rotatable bonds is 8. The first-order valence-electron chi connectivity index (χ1n) is 9.09. The number of nitrogens with zero attached hydrogens (tertiary/aromatic N) is 5. The summed E-state index contributed by atoms with van der Waals surface area (Å²) in [6.45, 7) is 4.02. The number of aromatic nitrogens is 5. The summed E-state index contributed by atoms with van der Waals surface area (Å²) < 4.78 is 1.48. The van der Waals surface area contributed by atoms with Crippen molar-refractivity contribution in [1.82, 2.24) is 30.0 Å². The Kier molecular flexibility index (Phi) is 6.26. The molecule has 156 valence electrons. The van der Waals surface area contributed by atoms with E-state index in [4.69, 9.17) is 17.3 Å². The molecule has 0 aromatic carbocycles. The Hall–Kier alpha value is -3.53. The number of halogens is 1. The first-order chi connectivity index (χ1) is 14.3. The zero-order valence-corrected chi connectivity index (χ0v) is 17.2. The van der Waals surface area contributed by atoms with Gasteiger partial charge in [0.05, 0.1) is 40.4 Å². The summed E-state index contributed by atoms with van der Waals surface area (Å²) in [7, 11) is 0. The van der Waals surface area contributed by atoms with Gasteiger partial charge in [-0.1, -0.05) is 11.6 Å². The number of hydrogen-bond acceptors (Lipinski definition) is 7. The molecule has 10 nitrogen and oxygen atoms in total. The fourth-order valence-corrected chi connectivity index (χ4v) is 3.03. The van der Waals surface area contributed by atoms with Gasteiger partial charge in [0.1, 0.15) is 5.69 Å². The van der Waals surface area contributed by atoms with Crippen molar-refractivity contribution < 1.29 is 9.59 Å². The van der Waals surface area contributed by atoms with Gasteiger partial charge in [-0.3, -0.25) is 14.6 Å². The van der Waals surface area contributed by atoms with E-state index in [1.807, 2.05) is 13.8 Å². The van der Waals surface area contributed by atoms with E-state index in [1.165, 1.54) is 10.9 Å². The van der Waals surface area contributed by atoms with Crippen molar-refractivity contribution in [3.05, 3.63) is 59.4 Å². The molecule has 0 saturated heterocycles. The normalized spacial score (nSPS) is 11.2. The fraction of sp³-hybridized carbons (Fsp3) is 0.263. The van der Waals surface area contributed by atoms with E-state index in [9.17, 15) is 9.59 Å². The highest BCUT2D eigenvalue weighted by molar-refractivity contribution is 6.31. The van der Waals surface area contributed by atoms with Crippen LogP contribution in [-0.4, -0.2) is 43.1 Å². The summed E-state index contributed by atoms with van der Waals surface area (Å²) in [5.41, 5.74) is 6.05. The summed E-state index contributed by atoms with van der Waals surface area (Å²) in [6, 6.07) is 3.54. The van der Waals surface area contributed by atoms with Crippen LogP contribution in [0.2, 0.25) is 5.02 Å². The molecule has 0 saturated carbocycles. The minimum atomic E-state index is -0.596. The highest BCUT2D eigenvalue weighted by atomic mass is 35.5. The molecule has 0 atom stereocenters. The maximum Gasteiger partial charge on any atom is 0.254 e. The van der Waals surface area contributed by atoms with Crippen LogP contribution in [0, 0.1) is 0 Å². The van der Waals surface area contributed by atoms with Crippen molar-refractivity contribution in [2.45, 2.75) is 25.8 Å². The zero-order chi connectivity index (χ0) is 21.7. The second kappa shape index (κ2) is 8.87. The number of anilines is 1. The number of carbonyl (C=O) groups is 2. The molecule has 0 spiro atoms. The average molecular weight is 429 g/mol. The summed E-state index contributed by atoms with van der Waals surface area (Å²) in [4.78, 5) is 35.8. The van der Waals surface area contributed by atoms with Gasteiger partial charge >= 0.3 is 0 Å². The fourth-order valence-electron chi connectivity index (χ4n) is 2.67. The summed E-state index contributed by atoms with van der Waals surface area (Å²) >= 11 is 6.24. The quantitative estimate of drug-likeness (QED) is 0.495. The molecule has 2 amide bonds. The zero-order valence-electron chi connectivity index (χ0n) is 16.5. The molecule has 0 bridgehead atoms. The van der Waals surface area contributed by atoms with E-state index >= 15 is 0 Å². The van der Waals surface area contributed by atoms with Gasteiger partial charge in [-0.2, -0.15) is 5.10 Å². The lowest BCUT2D eigenvalue weighted by Crippen LogP contribution is -2.30. The van der Waals surface area contributed by atoms with E-state index in [-0.39, 0.29) is 18.9 Å². The van der Waals surface area contributed by atoms with Crippen LogP contribution in [0.3, 0.4) is 0 Å². The lowest BCUT2D eigenvalue weighted by Gasteiger charge is -2.26. The Morgan fingerprint density at radius 1 is 1.20 bits per heavy atom. The molecule has 30 heavy (non-hydrogen) atoms. The van der Waals surface area contributed by atoms with Crippen LogP contribution in [0.5, 0.6) is 0 Å². The number of nitrogens with one attached hydrogen (secondary N) is 2. The van der Waals surface area contributed by atoms with Crippen LogP contribution in [0.25, 0.3) is 5.69 Å². The van der Waals surface area contributed by atoms with Gasteiger partial charge in [-0.25, -0.2) is 14.6 Å². The van der Waals surface area contributed by atoms with Crippen molar-refractivity contribution in [2.75, 3.05) is 11.9 Å². The van der Waals surface area contributed by atoms with Crippen molar-refractivity contribution in [2.24, 2.45) is 5.73 Å². The van der Waals surface area contributed by atoms with Gasteiger partial charge in [0.15, 0.2) is 0 Å². The monoisotopic (exact) mass is 428 g/mol. The molecule has 4 N–H and O–H groups in total. The molecule has 0 aliphatic rings. The largest absolute Gasteiger partial charge is 0.370 e. The predicted molar refractivity (Wildman–Crippen MR) is 111 cm³/mol. The summed E-state index contributed by atoms with van der Waals surface area (Å²) in [6.07, 6.45) is 7.86. The Bertz CT molecular complexity index is 1050. The number of hydrogen-bond donors (Lipinski definition) is 3. The highest BCUT2D eigenvalue weighted by Gasteiger charge is 2.25. The van der Waals surface area contributed by atoms with Crippen LogP contribution in [-0.2, 0) is 10.3 Å². The molecule has 3 rings (SSSR count). The summed E-state index contributed by atoms with van der Waals surface area (Å²) in [5.74, 6) is -0.442. The van der Waals surface area contributed by atoms with E-state index in [0.29, 0.717) is 27.9 Å². The standard InChI is InChI=1S/C19H21ClN8O2/c1-19(2,16-14(20)4-3-6-22-16)27-18-24-9-13(10-25-18)28-11-12(8-26-28)17(30)23-7-5-15(21)29/h3-4,6,8-11H,5,7H2,1-2H3,(H2,21,29)(H,23,30)(H,24,25,27). The molecular formula is C19H21ClN8O2. The minimum absolute atomic E-state index is 0.0717. The second-order valence-corrected chi connectivity index (χ2v) is 7.40. The number of carbonyl (C=O) groups excluding carboxylic acids is 2. The van der Waals surface area contributed by atoms with Crippen molar-refractivity contribution in [3.63, 3.8) is 0 Å². The van der Waals surface area contributed by atoms with Crippen LogP contribution >= 0.6 is 11.6 Å². The van der Waals surface area contributed by atoms with Gasteiger partial charge in [-0.05, 0) is 26.0 Å². The van der Waals surface area contributed by atoms with Crippen molar-refractivity contribution in [1.29, 1.82) is 0 Å². The number of amides is 2. The van der Waals surface area contributed by atoms with Crippen LogP contribution in [0.1, 0.15) is 36.3 Å². The van der Waals surface area contributed by atoms with Gasteiger partial charge < -0.3 is 16.4 Å². The minimum Gasteiger partial charge on any atom is -0.370 e. The van der Waals surface area contributed by atoms with Crippen LogP contribution < -0.4 is 16.4 Å². The SMILES string of the molecule is CC(C)(Nc1ncc(-n2cc(C(=O)NCCC(N)=O)cn2)cn1)c1ncccc1Cl. The second-order valence-electron chi connectivity index (χ2n) is 6.99. The maximum atomic E-state index is 12.1. The molecule has 3 heterocycles. The Balaban J connectivity index is 1.68. The molecule has 3 aromatic heterocycles. The third-order valence-corrected chi connectivity index (χ3v) is 4.48. The van der Waals surface area contributed by atoms with E-state index in [1.54, 1.807) is 36.9 Å². The smallest absolute Gasteiger partial charge is 0.254 e. The van der Waals surface area contributed by atoms with E-state index < -0.39 is 11.4 Å².